The van der Waals surface area contributed by atoms with Crippen LogP contribution in [0, 0.1) is 0 Å². The quantitative estimate of drug-likeness (QED) is 0.450. The highest BCUT2D eigenvalue weighted by atomic mass is 79.9. The van der Waals surface area contributed by atoms with Crippen molar-refractivity contribution in [1.82, 2.24) is 14.9 Å². The molecule has 1 unspecified atom stereocenters. The lowest BCUT2D eigenvalue weighted by atomic mass is 9.92. The van der Waals surface area contributed by atoms with Crippen molar-refractivity contribution in [1.29, 1.82) is 0 Å². The molecular weight excluding hydrogens is 460 g/mol. The van der Waals surface area contributed by atoms with Gasteiger partial charge in [-0.3, -0.25) is 14.9 Å². The maximum Gasteiger partial charge on any atom is 0.0830 e. The van der Waals surface area contributed by atoms with E-state index in [1.54, 1.807) is 0 Å². The second-order valence-corrected chi connectivity index (χ2v) is 9.14. The Morgan fingerprint density at radius 3 is 2.47 bits per heavy atom. The van der Waals surface area contributed by atoms with Crippen LogP contribution in [0.4, 0.5) is 0 Å². The van der Waals surface area contributed by atoms with Crippen molar-refractivity contribution in [3.63, 3.8) is 0 Å². The van der Waals surface area contributed by atoms with E-state index in [-0.39, 0.29) is 6.04 Å². The highest BCUT2D eigenvalue weighted by Crippen LogP contribution is 2.41. The molecule has 2 aliphatic rings. The number of rotatable bonds is 4. The number of halogens is 1. The molecule has 1 saturated heterocycles. The van der Waals surface area contributed by atoms with E-state index in [1.807, 2.05) is 18.5 Å². The largest absolute Gasteiger partial charge is 0.294 e. The zero-order valence-electron chi connectivity index (χ0n) is 18.3. The fourth-order valence-corrected chi connectivity index (χ4v) is 5.17. The van der Waals surface area contributed by atoms with Crippen molar-refractivity contribution in [3.05, 3.63) is 100 Å². The Balaban J connectivity index is 1.36. The number of fused-ring (bicyclic) bond motifs is 2. The lowest BCUT2D eigenvalue weighted by Gasteiger charge is -2.39. The molecule has 0 saturated carbocycles. The van der Waals surface area contributed by atoms with E-state index < -0.39 is 0 Å². The molecule has 1 fully saturated rings. The van der Waals surface area contributed by atoms with Gasteiger partial charge in [0.05, 0.1) is 18.0 Å². The molecule has 0 amide bonds. The van der Waals surface area contributed by atoms with E-state index in [1.165, 1.54) is 27.8 Å². The van der Waals surface area contributed by atoms with Crippen LogP contribution in [0.5, 0.6) is 0 Å². The summed E-state index contributed by atoms with van der Waals surface area (Å²) in [7, 11) is 0. The Bertz CT molecular complexity index is 1140. The zero-order valence-corrected chi connectivity index (χ0v) is 19.9. The number of nitrogens with zero attached hydrogens (tertiary/aromatic N) is 4. The summed E-state index contributed by atoms with van der Waals surface area (Å²) in [4.78, 5) is 7.09. The van der Waals surface area contributed by atoms with Gasteiger partial charge < -0.3 is 0 Å². The summed E-state index contributed by atoms with van der Waals surface area (Å²) < 4.78 is 1.15. The summed E-state index contributed by atoms with van der Waals surface area (Å²) in [6, 6.07) is 21.9. The molecule has 1 aromatic heterocycles. The number of hydrazone groups is 1. The minimum Gasteiger partial charge on any atom is -0.294 e. The Kier molecular flexibility index (Phi) is 6.19. The molecule has 0 bridgehead atoms. The highest BCUT2D eigenvalue weighted by Gasteiger charge is 2.30. The van der Waals surface area contributed by atoms with E-state index in [0.717, 1.165) is 42.8 Å². The first kappa shape index (κ1) is 21.1. The van der Waals surface area contributed by atoms with Gasteiger partial charge in [-0.25, -0.2) is 0 Å². The first-order valence-corrected chi connectivity index (χ1v) is 12.1. The van der Waals surface area contributed by atoms with Crippen LogP contribution in [0.2, 0.25) is 0 Å². The SMILES string of the molecule is CCc1ccc(C=NN2CCN(C3c4ccccc4C=C(Br)c4ccccc43)CC2)nc1. The molecule has 5 rings (SSSR count). The van der Waals surface area contributed by atoms with Crippen molar-refractivity contribution >= 4 is 32.7 Å². The smallest absolute Gasteiger partial charge is 0.0830 e. The average Bonchev–Trinajstić information content (AvgIpc) is 2.97. The van der Waals surface area contributed by atoms with Crippen LogP contribution in [0.1, 0.15) is 46.5 Å². The number of hydrogen-bond acceptors (Lipinski definition) is 4. The van der Waals surface area contributed by atoms with Gasteiger partial charge in [-0.2, -0.15) is 5.10 Å². The summed E-state index contributed by atoms with van der Waals surface area (Å²) >= 11 is 3.83. The van der Waals surface area contributed by atoms with Gasteiger partial charge in [-0.15, -0.1) is 0 Å². The van der Waals surface area contributed by atoms with Crippen molar-refractivity contribution < 1.29 is 0 Å². The maximum absolute atomic E-state index is 4.71. The average molecular weight is 487 g/mol. The van der Waals surface area contributed by atoms with Crippen LogP contribution < -0.4 is 0 Å². The van der Waals surface area contributed by atoms with Crippen molar-refractivity contribution in [3.8, 4) is 0 Å². The summed E-state index contributed by atoms with van der Waals surface area (Å²) in [6.45, 7) is 5.87. The Morgan fingerprint density at radius 1 is 0.969 bits per heavy atom. The molecule has 1 aliphatic carbocycles. The molecule has 0 radical (unpaired) electrons. The number of piperazine rings is 1. The highest BCUT2D eigenvalue weighted by molar-refractivity contribution is 9.15. The minimum absolute atomic E-state index is 0.239. The zero-order chi connectivity index (χ0) is 21.9. The number of aromatic nitrogens is 1. The molecule has 1 atom stereocenters. The number of aryl methyl sites for hydroxylation is 1. The second kappa shape index (κ2) is 9.39. The van der Waals surface area contributed by atoms with E-state index >= 15 is 0 Å². The molecule has 3 aromatic rings. The molecule has 162 valence electrons. The van der Waals surface area contributed by atoms with Gasteiger partial charge in [0, 0.05) is 36.9 Å². The van der Waals surface area contributed by atoms with Crippen LogP contribution in [-0.2, 0) is 6.42 Å². The molecule has 2 aromatic carbocycles. The van der Waals surface area contributed by atoms with Gasteiger partial charge in [0.2, 0.25) is 0 Å². The van der Waals surface area contributed by atoms with Gasteiger partial charge in [0.15, 0.2) is 0 Å². The van der Waals surface area contributed by atoms with Crippen molar-refractivity contribution in [2.45, 2.75) is 19.4 Å². The van der Waals surface area contributed by atoms with E-state index in [2.05, 4.69) is 98.4 Å². The fourth-order valence-electron chi connectivity index (χ4n) is 4.57. The fraction of sp³-hybridized carbons (Fsp3) is 0.259. The standard InChI is InChI=1S/C27H27BrN4/c1-2-20-11-12-22(29-18-20)19-30-32-15-13-31(14-16-32)27-23-8-4-3-7-21(23)17-26(28)24-9-5-6-10-25(24)27/h3-12,17-19,27H,2,13-16H2,1H3. The molecule has 1 aliphatic heterocycles. The molecule has 2 heterocycles. The first-order chi connectivity index (χ1) is 15.7. The van der Waals surface area contributed by atoms with Gasteiger partial charge in [0.25, 0.3) is 0 Å². The van der Waals surface area contributed by atoms with Gasteiger partial charge >= 0.3 is 0 Å². The number of benzene rings is 2. The normalized spacial score (nSPS) is 18.8. The van der Waals surface area contributed by atoms with Crippen molar-refractivity contribution in [2.75, 3.05) is 26.2 Å². The van der Waals surface area contributed by atoms with Gasteiger partial charge in [-0.05, 0) is 46.4 Å². The summed E-state index contributed by atoms with van der Waals surface area (Å²) in [5, 5.41) is 6.87. The number of hydrogen-bond donors (Lipinski definition) is 0. The van der Waals surface area contributed by atoms with Crippen LogP contribution >= 0.6 is 15.9 Å². The predicted octanol–water partition coefficient (Wildman–Crippen LogP) is 5.59. The van der Waals surface area contributed by atoms with Crippen LogP contribution in [0.15, 0.2) is 72.0 Å². The van der Waals surface area contributed by atoms with Gasteiger partial charge in [-0.1, -0.05) is 77.5 Å². The molecule has 0 N–H and O–H groups in total. The predicted molar refractivity (Wildman–Crippen MR) is 136 cm³/mol. The minimum atomic E-state index is 0.239. The summed E-state index contributed by atoms with van der Waals surface area (Å²) in [5.74, 6) is 0. The van der Waals surface area contributed by atoms with Crippen LogP contribution in [-0.4, -0.2) is 47.3 Å². The lowest BCUT2D eigenvalue weighted by molar-refractivity contribution is 0.112. The van der Waals surface area contributed by atoms with E-state index in [0.29, 0.717) is 0 Å². The molecule has 0 spiro atoms. The van der Waals surface area contributed by atoms with Crippen LogP contribution in [0.25, 0.3) is 10.6 Å². The third-order valence-corrected chi connectivity index (χ3v) is 7.01. The first-order valence-electron chi connectivity index (χ1n) is 11.3. The monoisotopic (exact) mass is 486 g/mol. The molecule has 5 heteroatoms. The Hall–Kier alpha value is -2.76. The molecule has 32 heavy (non-hydrogen) atoms. The van der Waals surface area contributed by atoms with Gasteiger partial charge in [0.1, 0.15) is 0 Å². The Morgan fingerprint density at radius 2 is 1.72 bits per heavy atom. The lowest BCUT2D eigenvalue weighted by Crippen LogP contribution is -2.46. The van der Waals surface area contributed by atoms with E-state index in [9.17, 15) is 0 Å². The third kappa shape index (κ3) is 4.27. The summed E-state index contributed by atoms with van der Waals surface area (Å²) in [5.41, 5.74) is 7.44. The third-order valence-electron chi connectivity index (χ3n) is 6.35. The van der Waals surface area contributed by atoms with Crippen LogP contribution in [0.3, 0.4) is 0 Å². The molecular formula is C27H27BrN4. The van der Waals surface area contributed by atoms with Crippen molar-refractivity contribution in [2.24, 2.45) is 5.10 Å². The topological polar surface area (TPSA) is 31.7 Å². The van der Waals surface area contributed by atoms with E-state index in [4.69, 9.17) is 5.10 Å². The number of pyridine rings is 1. The second-order valence-electron chi connectivity index (χ2n) is 8.29. The molecule has 4 nitrogen and oxygen atoms in total. The summed E-state index contributed by atoms with van der Waals surface area (Å²) in [6.07, 6.45) is 7.08. The Labute approximate surface area is 198 Å². The maximum atomic E-state index is 4.71.